The molecule has 1 heterocycles. The number of aryl methyl sites for hydroxylation is 1. The van der Waals surface area contributed by atoms with Crippen LogP contribution in [0.25, 0.3) is 0 Å². The second-order valence-corrected chi connectivity index (χ2v) is 13.3. The molecule has 0 bridgehead atoms. The molecule has 3 aromatic rings. The van der Waals surface area contributed by atoms with Gasteiger partial charge < -0.3 is 9.80 Å². The second kappa shape index (κ2) is 13.7. The first-order valence-corrected chi connectivity index (χ1v) is 16.7. The molecule has 0 atom stereocenters. The van der Waals surface area contributed by atoms with Gasteiger partial charge in [-0.3, -0.25) is 14.5 Å². The van der Waals surface area contributed by atoms with Gasteiger partial charge in [-0.15, -0.1) is 0 Å². The lowest BCUT2D eigenvalue weighted by Crippen LogP contribution is -2.48. The third-order valence-electron chi connectivity index (χ3n) is 8.20. The molecule has 2 fully saturated rings. The highest BCUT2D eigenvalue weighted by molar-refractivity contribution is 7.92. The van der Waals surface area contributed by atoms with E-state index in [0.29, 0.717) is 41.0 Å². The molecule has 1 N–H and O–H groups in total. The minimum Gasteiger partial charge on any atom is -0.368 e. The topological polar surface area (TPSA) is 82.1 Å². The van der Waals surface area contributed by atoms with E-state index in [2.05, 4.69) is 9.62 Å². The van der Waals surface area contributed by atoms with E-state index >= 15 is 0 Å². The summed E-state index contributed by atoms with van der Waals surface area (Å²) < 4.78 is 29.7. The van der Waals surface area contributed by atoms with Crippen molar-refractivity contribution in [3.63, 3.8) is 0 Å². The number of carbonyl (C=O) groups excluding carboxylic acids is 1. The van der Waals surface area contributed by atoms with Gasteiger partial charge in [-0.1, -0.05) is 55.8 Å². The number of rotatable bonds is 7. The number of halogens is 1. The van der Waals surface area contributed by atoms with Crippen LogP contribution < -0.4 is 9.62 Å². The number of sulfonamides is 1. The predicted molar refractivity (Wildman–Crippen MR) is 172 cm³/mol. The average molecular weight is 607 g/mol. The van der Waals surface area contributed by atoms with Gasteiger partial charge in [-0.2, -0.15) is 0 Å². The number of piperazine rings is 1. The van der Waals surface area contributed by atoms with Gasteiger partial charge in [0.2, 0.25) is 0 Å². The Labute approximate surface area is 254 Å². The SMILES string of the molecule is Cc1cccc(S(=O)(=O)Nc2ccc(C(=O)N3CCN(c4ccc(Cl)cc4)CC3)cc2)c1N=CC1CCCCCCC1. The molecule has 7 nitrogen and oxygen atoms in total. The molecule has 1 aliphatic carbocycles. The van der Waals surface area contributed by atoms with Crippen molar-refractivity contribution < 1.29 is 13.2 Å². The van der Waals surface area contributed by atoms with E-state index < -0.39 is 10.0 Å². The Bertz CT molecular complexity index is 1490. The van der Waals surface area contributed by atoms with E-state index in [0.717, 1.165) is 37.2 Å². The summed E-state index contributed by atoms with van der Waals surface area (Å²) in [7, 11) is -3.89. The Hall–Kier alpha value is -3.36. The Morgan fingerprint density at radius 1 is 0.881 bits per heavy atom. The predicted octanol–water partition coefficient (Wildman–Crippen LogP) is 7.47. The van der Waals surface area contributed by atoms with Gasteiger partial charge in [0.1, 0.15) is 4.90 Å². The van der Waals surface area contributed by atoms with Crippen LogP contribution in [0.4, 0.5) is 17.1 Å². The maximum Gasteiger partial charge on any atom is 0.264 e. The van der Waals surface area contributed by atoms with Crippen LogP contribution >= 0.6 is 11.6 Å². The van der Waals surface area contributed by atoms with Gasteiger partial charge in [0, 0.05) is 54.4 Å². The maximum absolute atomic E-state index is 13.5. The number of benzene rings is 3. The Morgan fingerprint density at radius 2 is 1.52 bits per heavy atom. The smallest absolute Gasteiger partial charge is 0.264 e. The van der Waals surface area contributed by atoms with Crippen LogP contribution in [0.3, 0.4) is 0 Å². The molecule has 1 saturated heterocycles. The molecule has 9 heteroatoms. The number of nitrogens with one attached hydrogen (secondary N) is 1. The van der Waals surface area contributed by atoms with E-state index in [1.165, 1.54) is 32.1 Å². The summed E-state index contributed by atoms with van der Waals surface area (Å²) in [6.07, 6.45) is 10.3. The van der Waals surface area contributed by atoms with Crippen molar-refractivity contribution in [2.24, 2.45) is 10.9 Å². The van der Waals surface area contributed by atoms with Gasteiger partial charge >= 0.3 is 0 Å². The molecule has 222 valence electrons. The van der Waals surface area contributed by atoms with Crippen LogP contribution in [0, 0.1) is 12.8 Å². The van der Waals surface area contributed by atoms with Gasteiger partial charge in [-0.05, 0) is 85.8 Å². The highest BCUT2D eigenvalue weighted by Crippen LogP contribution is 2.31. The number of hydrogen-bond donors (Lipinski definition) is 1. The zero-order valence-electron chi connectivity index (χ0n) is 24.1. The van der Waals surface area contributed by atoms with Gasteiger partial charge in [0.05, 0.1) is 5.69 Å². The first-order valence-electron chi connectivity index (χ1n) is 14.9. The Morgan fingerprint density at radius 3 is 2.19 bits per heavy atom. The lowest BCUT2D eigenvalue weighted by atomic mass is 9.92. The molecule has 1 aliphatic heterocycles. The summed E-state index contributed by atoms with van der Waals surface area (Å²) in [5, 5.41) is 0.700. The third kappa shape index (κ3) is 7.53. The van der Waals surface area contributed by atoms with Gasteiger partial charge in [-0.25, -0.2) is 8.42 Å². The normalized spacial score (nSPS) is 17.2. The molecule has 0 aromatic heterocycles. The summed E-state index contributed by atoms with van der Waals surface area (Å²) in [4.78, 5) is 22.1. The Kier molecular flexibility index (Phi) is 9.85. The Balaban J connectivity index is 1.23. The van der Waals surface area contributed by atoms with Crippen molar-refractivity contribution in [3.8, 4) is 0 Å². The number of carbonyl (C=O) groups is 1. The lowest BCUT2D eigenvalue weighted by Gasteiger charge is -2.36. The van der Waals surface area contributed by atoms with Crippen molar-refractivity contribution in [1.82, 2.24) is 4.90 Å². The standard InChI is InChI=1S/C33H39ClN4O3S/c1-25-8-7-11-31(32(25)35-24-26-9-5-3-2-4-6-10-26)42(40,41)36-29-16-12-27(13-17-29)33(39)38-22-20-37(21-23-38)30-18-14-28(34)15-19-30/h7-8,11-19,24,26,36H,2-6,9-10,20-23H2,1H3. The highest BCUT2D eigenvalue weighted by atomic mass is 35.5. The van der Waals surface area contributed by atoms with Crippen LogP contribution in [-0.2, 0) is 10.0 Å². The maximum atomic E-state index is 13.5. The highest BCUT2D eigenvalue weighted by Gasteiger charge is 2.24. The molecular weight excluding hydrogens is 568 g/mol. The molecule has 1 saturated carbocycles. The van der Waals surface area contributed by atoms with Crippen molar-refractivity contribution in [2.45, 2.75) is 56.8 Å². The van der Waals surface area contributed by atoms with Crippen LogP contribution in [0.1, 0.15) is 60.9 Å². The van der Waals surface area contributed by atoms with Crippen LogP contribution in [0.5, 0.6) is 0 Å². The minimum absolute atomic E-state index is 0.0651. The third-order valence-corrected chi connectivity index (χ3v) is 9.86. The van der Waals surface area contributed by atoms with Gasteiger partial charge in [0.25, 0.3) is 15.9 Å². The van der Waals surface area contributed by atoms with E-state index in [4.69, 9.17) is 16.6 Å². The zero-order valence-corrected chi connectivity index (χ0v) is 25.7. The number of anilines is 2. The van der Waals surface area contributed by atoms with E-state index in [9.17, 15) is 13.2 Å². The van der Waals surface area contributed by atoms with Crippen molar-refractivity contribution in [1.29, 1.82) is 0 Å². The first-order chi connectivity index (χ1) is 20.3. The molecule has 0 unspecified atom stereocenters. The fraction of sp³-hybridized carbons (Fsp3) is 0.394. The first kappa shape index (κ1) is 30.1. The lowest BCUT2D eigenvalue weighted by molar-refractivity contribution is 0.0747. The fourth-order valence-electron chi connectivity index (χ4n) is 5.72. The quantitative estimate of drug-likeness (QED) is 0.283. The molecule has 0 spiro atoms. The minimum atomic E-state index is -3.89. The molecule has 0 radical (unpaired) electrons. The summed E-state index contributed by atoms with van der Waals surface area (Å²) in [5.74, 6) is 0.309. The summed E-state index contributed by atoms with van der Waals surface area (Å²) in [6, 6.07) is 19.6. The van der Waals surface area contributed by atoms with Gasteiger partial charge in [0.15, 0.2) is 0 Å². The molecule has 2 aliphatic rings. The molecule has 1 amide bonds. The largest absolute Gasteiger partial charge is 0.368 e. The monoisotopic (exact) mass is 606 g/mol. The zero-order chi connectivity index (χ0) is 29.5. The molecule has 5 rings (SSSR count). The summed E-state index contributed by atoms with van der Waals surface area (Å²) >= 11 is 6.01. The number of aliphatic imine (C=N–C) groups is 1. The summed E-state index contributed by atoms with van der Waals surface area (Å²) in [6.45, 7) is 4.56. The molecule has 3 aromatic carbocycles. The van der Waals surface area contributed by atoms with Crippen LogP contribution in [-0.4, -0.2) is 51.6 Å². The van der Waals surface area contributed by atoms with E-state index in [-0.39, 0.29) is 10.8 Å². The molecular formula is C33H39ClN4O3S. The number of amides is 1. The second-order valence-electron chi connectivity index (χ2n) is 11.2. The molecule has 42 heavy (non-hydrogen) atoms. The van der Waals surface area contributed by atoms with E-state index in [1.807, 2.05) is 48.4 Å². The van der Waals surface area contributed by atoms with Crippen molar-refractivity contribution in [3.05, 3.63) is 82.9 Å². The average Bonchev–Trinajstić information content (AvgIpc) is 2.97. The van der Waals surface area contributed by atoms with Crippen molar-refractivity contribution in [2.75, 3.05) is 35.8 Å². The number of para-hydroxylation sites is 1. The van der Waals surface area contributed by atoms with Crippen LogP contribution in [0.2, 0.25) is 5.02 Å². The number of nitrogens with zero attached hydrogens (tertiary/aromatic N) is 3. The summed E-state index contributed by atoms with van der Waals surface area (Å²) in [5.41, 5.74) is 3.31. The van der Waals surface area contributed by atoms with E-state index in [1.54, 1.807) is 36.4 Å². The van der Waals surface area contributed by atoms with Crippen LogP contribution in [0.15, 0.2) is 76.6 Å². The van der Waals surface area contributed by atoms with Crippen molar-refractivity contribution >= 4 is 50.8 Å². The number of hydrogen-bond acceptors (Lipinski definition) is 5. The fourth-order valence-corrected chi connectivity index (χ4v) is 7.13.